The number of carbonyl (C=O) groups is 1. The number of carbonyl (C=O) groups excluding carboxylic acids is 1. The van der Waals surface area contributed by atoms with Gasteiger partial charge in [-0.2, -0.15) is 0 Å². The highest BCUT2D eigenvalue weighted by Gasteiger charge is 1.96. The topological polar surface area (TPSA) is 44.8 Å². The van der Waals surface area contributed by atoms with E-state index in [1.165, 1.54) is 6.08 Å². The first kappa shape index (κ1) is 14.1. The molecule has 0 aliphatic rings. The van der Waals surface area contributed by atoms with Crippen molar-refractivity contribution in [3.8, 4) is 11.5 Å². The van der Waals surface area contributed by atoms with E-state index in [0.29, 0.717) is 25.6 Å². The van der Waals surface area contributed by atoms with Crippen LogP contribution in [0.2, 0.25) is 0 Å². The monoisotopic (exact) mass is 250 g/mol. The summed E-state index contributed by atoms with van der Waals surface area (Å²) >= 11 is 0. The molecule has 0 amide bonds. The number of esters is 1. The van der Waals surface area contributed by atoms with E-state index in [1.807, 2.05) is 31.2 Å². The van der Waals surface area contributed by atoms with Crippen molar-refractivity contribution >= 4 is 5.97 Å². The Bertz CT molecular complexity index is 399. The smallest absolute Gasteiger partial charge is 0.330 e. The number of ether oxygens (including phenoxy) is 3. The molecule has 18 heavy (non-hydrogen) atoms. The van der Waals surface area contributed by atoms with Crippen molar-refractivity contribution in [2.45, 2.75) is 13.8 Å². The fourth-order valence-electron chi connectivity index (χ4n) is 1.30. The van der Waals surface area contributed by atoms with Crippen LogP contribution in [0.15, 0.2) is 36.4 Å². The summed E-state index contributed by atoms with van der Waals surface area (Å²) in [5.41, 5.74) is 0. The summed E-state index contributed by atoms with van der Waals surface area (Å²) in [4.78, 5) is 11.0. The Morgan fingerprint density at radius 3 is 2.56 bits per heavy atom. The summed E-state index contributed by atoms with van der Waals surface area (Å²) in [6.45, 7) is 5.00. The molecule has 1 aromatic rings. The van der Waals surface area contributed by atoms with Gasteiger partial charge in [-0.1, -0.05) is 6.07 Å². The van der Waals surface area contributed by atoms with Gasteiger partial charge in [-0.3, -0.25) is 0 Å². The predicted molar refractivity (Wildman–Crippen MR) is 68.9 cm³/mol. The largest absolute Gasteiger partial charge is 0.494 e. The van der Waals surface area contributed by atoms with Crippen molar-refractivity contribution in [1.82, 2.24) is 0 Å². The van der Waals surface area contributed by atoms with Crippen LogP contribution in [0.4, 0.5) is 0 Å². The van der Waals surface area contributed by atoms with Gasteiger partial charge in [0.2, 0.25) is 0 Å². The minimum absolute atomic E-state index is 0.314. The standard InChI is InChI=1S/C14H18O4/c1-3-16-12-7-5-8-13(11-12)18-10-6-9-14(15)17-4-2/h5-9,11H,3-4,10H2,1-2H3/b9-6+. The van der Waals surface area contributed by atoms with Gasteiger partial charge in [-0.25, -0.2) is 4.79 Å². The second kappa shape index (κ2) is 8.17. The van der Waals surface area contributed by atoms with Crippen LogP contribution < -0.4 is 9.47 Å². The van der Waals surface area contributed by atoms with Crippen molar-refractivity contribution in [2.24, 2.45) is 0 Å². The van der Waals surface area contributed by atoms with E-state index in [0.717, 1.165) is 5.75 Å². The molecule has 4 heteroatoms. The van der Waals surface area contributed by atoms with Crippen LogP contribution in [0.1, 0.15) is 13.8 Å². The quantitative estimate of drug-likeness (QED) is 0.551. The van der Waals surface area contributed by atoms with Gasteiger partial charge in [-0.15, -0.1) is 0 Å². The van der Waals surface area contributed by atoms with Gasteiger partial charge in [0.15, 0.2) is 0 Å². The Balaban J connectivity index is 2.39. The predicted octanol–water partition coefficient (Wildman–Crippen LogP) is 2.58. The molecule has 0 N–H and O–H groups in total. The third-order valence-electron chi connectivity index (χ3n) is 2.00. The number of hydrogen-bond donors (Lipinski definition) is 0. The van der Waals surface area contributed by atoms with Crippen molar-refractivity contribution < 1.29 is 19.0 Å². The molecule has 0 atom stereocenters. The first-order valence-corrected chi connectivity index (χ1v) is 5.95. The van der Waals surface area contributed by atoms with Crippen molar-refractivity contribution in [3.63, 3.8) is 0 Å². The molecule has 0 heterocycles. The Morgan fingerprint density at radius 2 is 1.89 bits per heavy atom. The molecule has 0 unspecified atom stereocenters. The minimum Gasteiger partial charge on any atom is -0.494 e. The number of rotatable bonds is 7. The third kappa shape index (κ3) is 5.39. The van der Waals surface area contributed by atoms with Crippen LogP contribution in [0, 0.1) is 0 Å². The molecule has 98 valence electrons. The molecule has 1 rings (SSSR count). The van der Waals surface area contributed by atoms with Gasteiger partial charge in [0, 0.05) is 12.1 Å². The first-order chi connectivity index (χ1) is 8.76. The van der Waals surface area contributed by atoms with Gasteiger partial charge >= 0.3 is 5.97 Å². The van der Waals surface area contributed by atoms with E-state index in [1.54, 1.807) is 13.0 Å². The van der Waals surface area contributed by atoms with E-state index in [2.05, 4.69) is 0 Å². The molecule has 0 aliphatic heterocycles. The lowest BCUT2D eigenvalue weighted by molar-refractivity contribution is -0.137. The average molecular weight is 250 g/mol. The molecule has 0 saturated heterocycles. The van der Waals surface area contributed by atoms with Gasteiger partial charge in [0.25, 0.3) is 0 Å². The van der Waals surface area contributed by atoms with Gasteiger partial charge in [0.1, 0.15) is 18.1 Å². The Morgan fingerprint density at radius 1 is 1.17 bits per heavy atom. The average Bonchev–Trinajstić information content (AvgIpc) is 2.36. The van der Waals surface area contributed by atoms with Gasteiger partial charge in [0.05, 0.1) is 13.2 Å². The molecular weight excluding hydrogens is 232 g/mol. The normalized spacial score (nSPS) is 10.3. The van der Waals surface area contributed by atoms with Crippen molar-refractivity contribution in [3.05, 3.63) is 36.4 Å². The molecule has 0 saturated carbocycles. The zero-order valence-corrected chi connectivity index (χ0v) is 10.7. The molecular formula is C14H18O4. The minimum atomic E-state index is -0.357. The molecule has 4 nitrogen and oxygen atoms in total. The molecule has 0 fully saturated rings. The zero-order chi connectivity index (χ0) is 13.2. The maximum absolute atomic E-state index is 11.0. The summed E-state index contributed by atoms with van der Waals surface area (Å²) in [5, 5.41) is 0. The summed E-state index contributed by atoms with van der Waals surface area (Å²) in [6.07, 6.45) is 2.97. The fourth-order valence-corrected chi connectivity index (χ4v) is 1.30. The van der Waals surface area contributed by atoms with Gasteiger partial charge < -0.3 is 14.2 Å². The highest BCUT2D eigenvalue weighted by Crippen LogP contribution is 2.19. The fraction of sp³-hybridized carbons (Fsp3) is 0.357. The zero-order valence-electron chi connectivity index (χ0n) is 10.7. The van der Waals surface area contributed by atoms with Crippen molar-refractivity contribution in [1.29, 1.82) is 0 Å². The SMILES string of the molecule is CCOC(=O)/C=C/COc1cccc(OCC)c1. The Hall–Kier alpha value is -1.97. The Kier molecular flexibility index (Phi) is 6.40. The van der Waals surface area contributed by atoms with E-state index < -0.39 is 0 Å². The van der Waals surface area contributed by atoms with Crippen LogP contribution >= 0.6 is 0 Å². The lowest BCUT2D eigenvalue weighted by atomic mass is 10.3. The molecule has 1 aromatic carbocycles. The molecule has 0 aliphatic carbocycles. The first-order valence-electron chi connectivity index (χ1n) is 5.95. The lowest BCUT2D eigenvalue weighted by Crippen LogP contribution is -2.01. The number of benzene rings is 1. The molecule has 0 radical (unpaired) electrons. The van der Waals surface area contributed by atoms with Gasteiger partial charge in [-0.05, 0) is 32.1 Å². The summed E-state index contributed by atoms with van der Waals surface area (Å²) in [7, 11) is 0. The molecule has 0 aromatic heterocycles. The van der Waals surface area contributed by atoms with E-state index in [9.17, 15) is 4.79 Å². The summed E-state index contributed by atoms with van der Waals surface area (Å²) in [6, 6.07) is 7.36. The second-order valence-electron chi connectivity index (χ2n) is 3.37. The molecule has 0 spiro atoms. The van der Waals surface area contributed by atoms with Crippen molar-refractivity contribution in [2.75, 3.05) is 19.8 Å². The van der Waals surface area contributed by atoms with Crippen LogP contribution in [-0.4, -0.2) is 25.8 Å². The maximum atomic E-state index is 11.0. The van der Waals surface area contributed by atoms with Crippen LogP contribution in [-0.2, 0) is 9.53 Å². The lowest BCUT2D eigenvalue weighted by Gasteiger charge is -2.06. The third-order valence-corrected chi connectivity index (χ3v) is 2.00. The van der Waals surface area contributed by atoms with Crippen LogP contribution in [0.25, 0.3) is 0 Å². The van der Waals surface area contributed by atoms with Crippen LogP contribution in [0.3, 0.4) is 0 Å². The van der Waals surface area contributed by atoms with E-state index >= 15 is 0 Å². The van der Waals surface area contributed by atoms with E-state index in [-0.39, 0.29) is 5.97 Å². The maximum Gasteiger partial charge on any atom is 0.330 e. The highest BCUT2D eigenvalue weighted by molar-refractivity contribution is 5.81. The highest BCUT2D eigenvalue weighted by atomic mass is 16.5. The summed E-state index contributed by atoms with van der Waals surface area (Å²) in [5.74, 6) is 1.11. The second-order valence-corrected chi connectivity index (χ2v) is 3.37. The Labute approximate surface area is 107 Å². The van der Waals surface area contributed by atoms with E-state index in [4.69, 9.17) is 14.2 Å². The molecule has 0 bridgehead atoms. The summed E-state index contributed by atoms with van der Waals surface area (Å²) < 4.78 is 15.5. The number of hydrogen-bond acceptors (Lipinski definition) is 4. The van der Waals surface area contributed by atoms with Crippen LogP contribution in [0.5, 0.6) is 11.5 Å².